The summed E-state index contributed by atoms with van der Waals surface area (Å²) in [5.41, 5.74) is 13.9. The number of hydrogen-bond acceptors (Lipinski definition) is 9. The molecular weight excluding hydrogens is 438 g/mol. The molecule has 9 nitrogen and oxygen atoms in total. The van der Waals surface area contributed by atoms with E-state index in [2.05, 4.69) is 21.3 Å². The van der Waals surface area contributed by atoms with E-state index < -0.39 is 5.90 Å². The molecule has 1 aliphatic carbocycles. The van der Waals surface area contributed by atoms with E-state index in [-0.39, 0.29) is 27.8 Å². The van der Waals surface area contributed by atoms with Gasteiger partial charge in [0.2, 0.25) is 5.27 Å². The van der Waals surface area contributed by atoms with Gasteiger partial charge >= 0.3 is 5.88 Å². The maximum Gasteiger partial charge on any atom is 0.320 e. The van der Waals surface area contributed by atoms with Gasteiger partial charge in [-0.1, -0.05) is 23.7 Å². The number of pyridine rings is 1. The largest absolute Gasteiger partial charge is 0.857 e. The molecule has 154 valence electrons. The number of benzene rings is 1. The first-order chi connectivity index (χ1) is 15.0. The summed E-state index contributed by atoms with van der Waals surface area (Å²) in [4.78, 5) is 8.90. The molecule has 0 aliphatic heterocycles. The van der Waals surface area contributed by atoms with Crippen molar-refractivity contribution < 1.29 is 14.3 Å². The third kappa shape index (κ3) is 3.34. The topological polar surface area (TPSA) is 154 Å². The van der Waals surface area contributed by atoms with Crippen molar-refractivity contribution in [3.05, 3.63) is 45.9 Å². The zero-order chi connectivity index (χ0) is 21.7. The number of anilines is 2. The minimum atomic E-state index is -0.585. The number of thiophene rings is 1. The predicted octanol–water partition coefficient (Wildman–Crippen LogP) is 2.70. The number of aromatic nitrogens is 3. The summed E-state index contributed by atoms with van der Waals surface area (Å²) in [5.74, 6) is -0.437. The normalized spacial score (nSPS) is 14.1. The molecule has 0 saturated heterocycles. The lowest BCUT2D eigenvalue weighted by Gasteiger charge is -2.10. The van der Waals surface area contributed by atoms with Gasteiger partial charge in [0.1, 0.15) is 22.3 Å². The number of nitrogens with zero attached hydrogens (tertiary/aromatic N) is 5. The quantitative estimate of drug-likeness (QED) is 0.274. The average Bonchev–Trinajstić information content (AvgIpc) is 3.41. The fraction of sp³-hybridized carbons (Fsp3) is 0.150. The summed E-state index contributed by atoms with van der Waals surface area (Å²) in [5, 5.41) is 27.4. The van der Waals surface area contributed by atoms with Crippen molar-refractivity contribution in [3.63, 3.8) is 0 Å². The second-order valence-electron chi connectivity index (χ2n) is 7.06. The van der Waals surface area contributed by atoms with Crippen molar-refractivity contribution in [1.29, 1.82) is 5.26 Å². The highest BCUT2D eigenvalue weighted by molar-refractivity contribution is 7.21. The minimum absolute atomic E-state index is 0.0536. The summed E-state index contributed by atoms with van der Waals surface area (Å²) in [7, 11) is 0. The lowest BCUT2D eigenvalue weighted by Crippen LogP contribution is -2.32. The molecule has 1 aliphatic rings. The molecule has 0 spiro atoms. The Labute approximate surface area is 184 Å². The van der Waals surface area contributed by atoms with Crippen molar-refractivity contribution in [2.45, 2.75) is 18.9 Å². The molecule has 1 saturated carbocycles. The molecule has 4 aromatic rings. The van der Waals surface area contributed by atoms with Gasteiger partial charge in [0.05, 0.1) is 10.6 Å². The van der Waals surface area contributed by atoms with Crippen LogP contribution in [0.15, 0.2) is 40.0 Å². The summed E-state index contributed by atoms with van der Waals surface area (Å²) in [6, 6.07) is 9.30. The van der Waals surface area contributed by atoms with Gasteiger partial charge in [0.25, 0.3) is 6.20 Å². The first kappa shape index (κ1) is 19.3. The van der Waals surface area contributed by atoms with Gasteiger partial charge in [0, 0.05) is 34.7 Å². The molecule has 0 amide bonds. The molecule has 3 heterocycles. The molecule has 1 aromatic carbocycles. The number of rotatable bonds is 4. The highest BCUT2D eigenvalue weighted by atomic mass is 35.5. The fourth-order valence-electron chi connectivity index (χ4n) is 3.31. The van der Waals surface area contributed by atoms with E-state index in [0.29, 0.717) is 32.4 Å². The summed E-state index contributed by atoms with van der Waals surface area (Å²) in [6.45, 7) is 0. The van der Waals surface area contributed by atoms with Crippen molar-refractivity contribution in [2.24, 2.45) is 4.99 Å². The van der Waals surface area contributed by atoms with Crippen LogP contribution in [-0.4, -0.2) is 16.2 Å². The number of nitriles is 1. The van der Waals surface area contributed by atoms with Gasteiger partial charge in [-0.15, -0.1) is 11.3 Å². The third-order valence-electron chi connectivity index (χ3n) is 4.95. The molecular formula is C20H14ClN7O2S. The Balaban J connectivity index is 1.68. The van der Waals surface area contributed by atoms with Crippen LogP contribution in [0.5, 0.6) is 0 Å². The van der Waals surface area contributed by atoms with Crippen molar-refractivity contribution >= 4 is 56.4 Å². The molecule has 31 heavy (non-hydrogen) atoms. The highest BCUT2D eigenvalue weighted by Crippen LogP contribution is 2.42. The van der Waals surface area contributed by atoms with Crippen LogP contribution >= 0.6 is 22.9 Å². The van der Waals surface area contributed by atoms with Crippen molar-refractivity contribution in [1.82, 2.24) is 10.3 Å². The molecule has 11 heteroatoms. The van der Waals surface area contributed by atoms with Crippen molar-refractivity contribution in [3.8, 4) is 17.2 Å². The van der Waals surface area contributed by atoms with Crippen LogP contribution in [0, 0.1) is 11.3 Å². The van der Waals surface area contributed by atoms with Gasteiger partial charge in [-0.25, -0.2) is 9.98 Å². The minimum Gasteiger partial charge on any atom is -0.857 e. The summed E-state index contributed by atoms with van der Waals surface area (Å²) < 4.78 is 6.78. The zero-order valence-electron chi connectivity index (χ0n) is 15.9. The Hall–Kier alpha value is -3.68. The first-order valence-corrected chi connectivity index (χ1v) is 10.5. The van der Waals surface area contributed by atoms with Crippen LogP contribution in [0.25, 0.3) is 21.3 Å². The van der Waals surface area contributed by atoms with E-state index in [1.807, 2.05) is 0 Å². The number of aliphatic imine (C=N–C) groups is 1. The summed E-state index contributed by atoms with van der Waals surface area (Å²) >= 11 is 7.06. The van der Waals surface area contributed by atoms with Gasteiger partial charge < -0.3 is 16.6 Å². The Morgan fingerprint density at radius 3 is 2.74 bits per heavy atom. The van der Waals surface area contributed by atoms with Gasteiger partial charge in [-0.05, 0) is 22.4 Å². The van der Waals surface area contributed by atoms with Crippen molar-refractivity contribution in [2.75, 3.05) is 11.5 Å². The van der Waals surface area contributed by atoms with E-state index >= 15 is 0 Å². The highest BCUT2D eigenvalue weighted by Gasteiger charge is 2.35. The number of fused-ring (bicyclic) bond motifs is 1. The monoisotopic (exact) mass is 451 g/mol. The molecule has 0 radical (unpaired) electrons. The van der Waals surface area contributed by atoms with Crippen LogP contribution in [-0.2, 0) is 0 Å². The first-order valence-electron chi connectivity index (χ1n) is 9.28. The molecule has 1 fully saturated rings. The number of nitrogen functional groups attached to an aromatic ring is 2. The third-order valence-corrected chi connectivity index (χ3v) is 6.29. The maximum absolute atomic E-state index is 12.9. The SMILES string of the molecule is N#Cc1c(N)nc2sc(/C([O-])=N/c3c[n+](C4CC4)no3)c(N)c2c1-c1ccc(Cl)cc1. The van der Waals surface area contributed by atoms with E-state index in [9.17, 15) is 10.4 Å². The van der Waals surface area contributed by atoms with Gasteiger partial charge in [-0.3, -0.25) is 4.52 Å². The van der Waals surface area contributed by atoms with E-state index in [4.69, 9.17) is 27.6 Å². The van der Waals surface area contributed by atoms with Gasteiger partial charge in [-0.2, -0.15) is 5.26 Å². The second kappa shape index (κ2) is 7.23. The molecule has 3 aromatic heterocycles. The Bertz CT molecular complexity index is 1400. The Morgan fingerprint density at radius 1 is 1.32 bits per heavy atom. The molecule has 0 bridgehead atoms. The second-order valence-corrected chi connectivity index (χ2v) is 8.49. The van der Waals surface area contributed by atoms with E-state index in [1.54, 1.807) is 35.1 Å². The van der Waals surface area contributed by atoms with Gasteiger partial charge in [0.15, 0.2) is 6.04 Å². The molecule has 5 rings (SSSR count). The maximum atomic E-state index is 12.9. The van der Waals surface area contributed by atoms with Crippen LogP contribution in [0.2, 0.25) is 5.02 Å². The van der Waals surface area contributed by atoms with E-state index in [0.717, 1.165) is 24.2 Å². The molecule has 4 N–H and O–H groups in total. The molecule has 0 atom stereocenters. The average molecular weight is 452 g/mol. The molecule has 0 unspecified atom stereocenters. The number of hydrogen-bond donors (Lipinski definition) is 2. The van der Waals surface area contributed by atoms with Crippen LogP contribution in [0.3, 0.4) is 0 Å². The fourth-order valence-corrected chi connectivity index (χ4v) is 4.43. The number of halogens is 1. The number of nitrogens with two attached hydrogens (primary N) is 2. The van der Waals surface area contributed by atoms with Crippen LogP contribution in [0.4, 0.5) is 17.4 Å². The van der Waals surface area contributed by atoms with E-state index in [1.165, 1.54) is 0 Å². The summed E-state index contributed by atoms with van der Waals surface area (Å²) in [6.07, 6.45) is 3.63. The zero-order valence-corrected chi connectivity index (χ0v) is 17.4. The lowest BCUT2D eigenvalue weighted by molar-refractivity contribution is -0.765. The standard InChI is InChI=1S/C20H14ClN7O2S/c21-10-3-1-9(2-4-10)14-12(7-22)18(24)26-20-15(14)16(23)17(31-20)19(29)25-13-8-28(27-30-13)11-5-6-11/h1-4,8,11H,5-6H2,(H4-,23,24,25,26,27,29). The Morgan fingerprint density at radius 2 is 2.06 bits per heavy atom. The predicted molar refractivity (Wildman–Crippen MR) is 115 cm³/mol. The smallest absolute Gasteiger partial charge is 0.320 e. The lowest BCUT2D eigenvalue weighted by atomic mass is 9.97. The Kier molecular flexibility index (Phi) is 4.50. The van der Waals surface area contributed by atoms with Crippen LogP contribution < -0.4 is 21.3 Å². The van der Waals surface area contributed by atoms with Crippen LogP contribution in [0.1, 0.15) is 29.3 Å².